The Labute approximate surface area is 181 Å². The van der Waals surface area contributed by atoms with Crippen LogP contribution in [0, 0.1) is 0 Å². The third-order valence-electron chi connectivity index (χ3n) is 5.83. The molecule has 0 spiro atoms. The summed E-state index contributed by atoms with van der Waals surface area (Å²) in [5.41, 5.74) is 5.35. The molecule has 31 heavy (non-hydrogen) atoms. The molecule has 1 aliphatic rings. The maximum Gasteiger partial charge on any atom is 0.257 e. The van der Waals surface area contributed by atoms with Gasteiger partial charge in [-0.2, -0.15) is 4.98 Å². The summed E-state index contributed by atoms with van der Waals surface area (Å²) in [4.78, 5) is 19.0. The molecular formula is C26H23N3O2. The van der Waals surface area contributed by atoms with Gasteiger partial charge in [-0.3, -0.25) is 4.79 Å². The van der Waals surface area contributed by atoms with Crippen molar-refractivity contribution in [3.8, 4) is 22.6 Å². The molecule has 5 rings (SSSR count). The van der Waals surface area contributed by atoms with Crippen LogP contribution in [0.3, 0.4) is 0 Å². The second-order valence-electron chi connectivity index (χ2n) is 7.83. The minimum Gasteiger partial charge on any atom is -0.334 e. The first-order valence-corrected chi connectivity index (χ1v) is 10.6. The maximum absolute atomic E-state index is 12.6. The zero-order chi connectivity index (χ0) is 21.2. The normalized spacial score (nSPS) is 16.1. The van der Waals surface area contributed by atoms with Crippen LogP contribution >= 0.6 is 0 Å². The fourth-order valence-electron chi connectivity index (χ4n) is 4.00. The number of nitrogens with zero attached hydrogens (tertiary/aromatic N) is 3. The van der Waals surface area contributed by atoms with Crippen LogP contribution in [0.15, 0.2) is 83.4 Å². The number of carbonyl (C=O) groups excluding carboxylic acids is 1. The van der Waals surface area contributed by atoms with Gasteiger partial charge in [0.2, 0.25) is 5.91 Å². The molecule has 1 unspecified atom stereocenters. The first-order chi connectivity index (χ1) is 15.2. The Morgan fingerprint density at radius 3 is 2.29 bits per heavy atom. The van der Waals surface area contributed by atoms with Gasteiger partial charge in [-0.15, -0.1) is 0 Å². The molecule has 5 heteroatoms. The average Bonchev–Trinajstić information content (AvgIpc) is 3.47. The fraction of sp³-hybridized carbons (Fsp3) is 0.192. The van der Waals surface area contributed by atoms with Crippen LogP contribution in [0.5, 0.6) is 0 Å². The number of carbonyl (C=O) groups is 1. The number of rotatable bonds is 5. The van der Waals surface area contributed by atoms with Crippen LogP contribution in [-0.4, -0.2) is 22.6 Å². The van der Waals surface area contributed by atoms with Gasteiger partial charge in [0.15, 0.2) is 5.82 Å². The highest BCUT2D eigenvalue weighted by molar-refractivity contribution is 5.96. The minimum absolute atomic E-state index is 0.0700. The van der Waals surface area contributed by atoms with Gasteiger partial charge in [-0.05, 0) is 47.4 Å². The average molecular weight is 409 g/mol. The summed E-state index contributed by atoms with van der Waals surface area (Å²) in [6, 6.07) is 26.5. The molecule has 1 atom stereocenters. The van der Waals surface area contributed by atoms with E-state index in [-0.39, 0.29) is 11.8 Å². The Balaban J connectivity index is 1.32. The molecule has 0 bridgehead atoms. The largest absolute Gasteiger partial charge is 0.334 e. The number of hydrogen-bond acceptors (Lipinski definition) is 4. The summed E-state index contributed by atoms with van der Waals surface area (Å²) < 4.78 is 5.52. The summed E-state index contributed by atoms with van der Waals surface area (Å²) in [6.45, 7) is 2.69. The van der Waals surface area contributed by atoms with Gasteiger partial charge in [-0.25, -0.2) is 0 Å². The molecule has 1 aliphatic heterocycles. The van der Waals surface area contributed by atoms with Crippen molar-refractivity contribution in [3.05, 3.63) is 90.3 Å². The molecule has 1 aromatic heterocycles. The number of hydrogen-bond donors (Lipinski definition) is 0. The van der Waals surface area contributed by atoms with E-state index in [2.05, 4.69) is 53.5 Å². The zero-order valence-corrected chi connectivity index (χ0v) is 17.4. The molecular weight excluding hydrogens is 386 g/mol. The molecule has 0 saturated carbocycles. The van der Waals surface area contributed by atoms with Crippen molar-refractivity contribution < 1.29 is 9.32 Å². The van der Waals surface area contributed by atoms with Gasteiger partial charge < -0.3 is 9.42 Å². The molecule has 5 nitrogen and oxygen atoms in total. The summed E-state index contributed by atoms with van der Waals surface area (Å²) in [7, 11) is 0. The first kappa shape index (κ1) is 19.2. The van der Waals surface area contributed by atoms with Gasteiger partial charge in [0, 0.05) is 30.1 Å². The molecule has 0 radical (unpaired) electrons. The van der Waals surface area contributed by atoms with Crippen LogP contribution < -0.4 is 4.90 Å². The summed E-state index contributed by atoms with van der Waals surface area (Å²) in [6.07, 6.45) is 1.37. The van der Waals surface area contributed by atoms with Crippen molar-refractivity contribution in [2.75, 3.05) is 11.4 Å². The number of amides is 1. The lowest BCUT2D eigenvalue weighted by Gasteiger charge is -2.16. The second kappa shape index (κ2) is 8.19. The lowest BCUT2D eigenvalue weighted by Crippen LogP contribution is -2.24. The molecule has 154 valence electrons. The second-order valence-corrected chi connectivity index (χ2v) is 7.83. The van der Waals surface area contributed by atoms with E-state index >= 15 is 0 Å². The first-order valence-electron chi connectivity index (χ1n) is 10.6. The predicted octanol–water partition coefficient (Wildman–Crippen LogP) is 5.49. The van der Waals surface area contributed by atoms with Gasteiger partial charge in [0.05, 0.1) is 0 Å². The number of aryl methyl sites for hydroxylation is 1. The van der Waals surface area contributed by atoms with E-state index in [4.69, 9.17) is 4.52 Å². The third-order valence-corrected chi connectivity index (χ3v) is 5.83. The van der Waals surface area contributed by atoms with E-state index in [0.717, 1.165) is 28.8 Å². The Morgan fingerprint density at radius 1 is 0.903 bits per heavy atom. The smallest absolute Gasteiger partial charge is 0.257 e. The zero-order valence-electron chi connectivity index (χ0n) is 17.4. The SMILES string of the molecule is CCc1ccc(N2CC(c3noc(-c4ccc(-c5ccccc5)cc4)n3)CC2=O)cc1. The van der Waals surface area contributed by atoms with Crippen molar-refractivity contribution >= 4 is 11.6 Å². The highest BCUT2D eigenvalue weighted by atomic mass is 16.5. The van der Waals surface area contributed by atoms with Crippen molar-refractivity contribution in [1.29, 1.82) is 0 Å². The molecule has 0 aliphatic carbocycles. The maximum atomic E-state index is 12.6. The Hall–Kier alpha value is -3.73. The Kier molecular flexibility index (Phi) is 5.08. The molecule has 1 fully saturated rings. The van der Waals surface area contributed by atoms with E-state index in [0.29, 0.717) is 24.7 Å². The van der Waals surface area contributed by atoms with E-state index in [1.54, 1.807) is 0 Å². The number of aromatic nitrogens is 2. The van der Waals surface area contributed by atoms with Crippen LogP contribution in [0.25, 0.3) is 22.6 Å². The molecule has 0 N–H and O–H groups in total. The third kappa shape index (κ3) is 3.87. The van der Waals surface area contributed by atoms with Crippen LogP contribution in [-0.2, 0) is 11.2 Å². The molecule has 4 aromatic rings. The predicted molar refractivity (Wildman–Crippen MR) is 121 cm³/mol. The van der Waals surface area contributed by atoms with Gasteiger partial charge in [0.25, 0.3) is 5.89 Å². The van der Waals surface area contributed by atoms with E-state index in [1.807, 2.05) is 47.4 Å². The van der Waals surface area contributed by atoms with Crippen molar-refractivity contribution in [3.63, 3.8) is 0 Å². The summed E-state index contributed by atoms with van der Waals surface area (Å²) in [5, 5.41) is 4.18. The summed E-state index contributed by atoms with van der Waals surface area (Å²) in [5.74, 6) is 1.09. The van der Waals surface area contributed by atoms with Crippen molar-refractivity contribution in [1.82, 2.24) is 10.1 Å². The standard InChI is InChI=1S/C26H23N3O2/c1-2-18-8-14-23(15-9-18)29-17-22(16-24(29)30)25-27-26(31-28-25)21-12-10-20(11-13-21)19-6-4-3-5-7-19/h3-15,22H,2,16-17H2,1H3. The molecule has 3 aromatic carbocycles. The fourth-order valence-corrected chi connectivity index (χ4v) is 4.00. The molecule has 2 heterocycles. The van der Waals surface area contributed by atoms with Crippen LogP contribution in [0.2, 0.25) is 0 Å². The van der Waals surface area contributed by atoms with E-state index < -0.39 is 0 Å². The highest BCUT2D eigenvalue weighted by Gasteiger charge is 2.34. The quantitative estimate of drug-likeness (QED) is 0.437. The van der Waals surface area contributed by atoms with Gasteiger partial charge in [0.1, 0.15) is 0 Å². The summed E-state index contributed by atoms with van der Waals surface area (Å²) >= 11 is 0. The van der Waals surface area contributed by atoms with Crippen LogP contribution in [0.1, 0.15) is 30.7 Å². The van der Waals surface area contributed by atoms with E-state index in [9.17, 15) is 4.79 Å². The van der Waals surface area contributed by atoms with Gasteiger partial charge >= 0.3 is 0 Å². The molecule has 1 saturated heterocycles. The number of benzene rings is 3. The van der Waals surface area contributed by atoms with Crippen LogP contribution in [0.4, 0.5) is 5.69 Å². The number of anilines is 1. The van der Waals surface area contributed by atoms with E-state index in [1.165, 1.54) is 5.56 Å². The molecule has 1 amide bonds. The highest BCUT2D eigenvalue weighted by Crippen LogP contribution is 2.32. The minimum atomic E-state index is -0.0700. The van der Waals surface area contributed by atoms with Crippen molar-refractivity contribution in [2.45, 2.75) is 25.7 Å². The Morgan fingerprint density at radius 2 is 1.58 bits per heavy atom. The Bertz CT molecular complexity index is 1180. The topological polar surface area (TPSA) is 59.2 Å². The lowest BCUT2D eigenvalue weighted by molar-refractivity contribution is -0.117. The van der Waals surface area contributed by atoms with Gasteiger partial charge in [-0.1, -0.05) is 66.7 Å². The lowest BCUT2D eigenvalue weighted by atomic mass is 10.0. The van der Waals surface area contributed by atoms with Crippen molar-refractivity contribution in [2.24, 2.45) is 0 Å². The monoisotopic (exact) mass is 409 g/mol.